The molecule has 0 saturated carbocycles. The molecule has 2 rings (SSSR count). The third kappa shape index (κ3) is 3.90. The van der Waals surface area contributed by atoms with Crippen molar-refractivity contribution in [3.05, 3.63) is 57.6 Å². The number of nitrogens with zero attached hydrogens (tertiary/aromatic N) is 1. The Morgan fingerprint density at radius 3 is 2.59 bits per heavy atom. The van der Waals surface area contributed by atoms with Crippen molar-refractivity contribution in [2.75, 3.05) is 7.11 Å². The molecule has 0 aliphatic heterocycles. The van der Waals surface area contributed by atoms with Crippen LogP contribution in [0, 0.1) is 0 Å². The summed E-state index contributed by atoms with van der Waals surface area (Å²) in [7, 11) is 1.58. The fourth-order valence-electron chi connectivity index (χ4n) is 1.65. The lowest BCUT2D eigenvalue weighted by Crippen LogP contribution is -2.17. The summed E-state index contributed by atoms with van der Waals surface area (Å²) < 4.78 is 5.04. The maximum Gasteiger partial charge on any atom is 0.275 e. The topological polar surface area (TPSA) is 70.9 Å². The number of phenols is 1. The van der Waals surface area contributed by atoms with E-state index in [0.717, 1.165) is 11.3 Å². The van der Waals surface area contributed by atoms with Crippen molar-refractivity contribution in [1.29, 1.82) is 0 Å². The molecule has 0 saturated heterocycles. The van der Waals surface area contributed by atoms with E-state index in [1.807, 2.05) is 0 Å². The van der Waals surface area contributed by atoms with Crippen LogP contribution in [0.3, 0.4) is 0 Å². The predicted molar refractivity (Wildman–Crippen MR) is 86.2 cm³/mol. The summed E-state index contributed by atoms with van der Waals surface area (Å²) >= 11 is 11.6. The standard InChI is InChI=1S/C15H12Cl2N2O3/c1-22-11-4-2-9(3-5-11)8-18-19-15(21)12-6-10(16)7-13(17)14(12)20/h2-8,20H,1H3,(H,19,21). The van der Waals surface area contributed by atoms with Gasteiger partial charge in [0.1, 0.15) is 11.5 Å². The van der Waals surface area contributed by atoms with Crippen LogP contribution in [0.4, 0.5) is 0 Å². The van der Waals surface area contributed by atoms with Crippen LogP contribution in [0.2, 0.25) is 10.0 Å². The summed E-state index contributed by atoms with van der Waals surface area (Å²) in [5, 5.41) is 13.8. The Labute approximate surface area is 137 Å². The molecule has 0 atom stereocenters. The fraction of sp³-hybridized carbons (Fsp3) is 0.0667. The van der Waals surface area contributed by atoms with Crippen LogP contribution >= 0.6 is 23.2 Å². The minimum Gasteiger partial charge on any atom is -0.506 e. The minimum absolute atomic E-state index is 0.00298. The second-order valence-corrected chi connectivity index (χ2v) is 5.10. The molecule has 0 aromatic heterocycles. The number of carbonyl (C=O) groups is 1. The lowest BCUT2D eigenvalue weighted by molar-refractivity contribution is 0.0952. The van der Waals surface area contributed by atoms with Gasteiger partial charge in [0.25, 0.3) is 5.91 Å². The average molecular weight is 339 g/mol. The Morgan fingerprint density at radius 1 is 1.27 bits per heavy atom. The quantitative estimate of drug-likeness (QED) is 0.662. The Hall–Kier alpha value is -2.24. The van der Waals surface area contributed by atoms with Crippen LogP contribution in [0.25, 0.3) is 0 Å². The number of hydrogen-bond acceptors (Lipinski definition) is 4. The molecule has 0 radical (unpaired) electrons. The first-order chi connectivity index (χ1) is 10.5. The first kappa shape index (κ1) is 16.1. The number of rotatable bonds is 4. The Morgan fingerprint density at radius 2 is 1.95 bits per heavy atom. The van der Waals surface area contributed by atoms with Gasteiger partial charge in [-0.1, -0.05) is 23.2 Å². The molecule has 0 spiro atoms. The number of hydrazone groups is 1. The lowest BCUT2D eigenvalue weighted by atomic mass is 10.2. The molecule has 22 heavy (non-hydrogen) atoms. The SMILES string of the molecule is COc1ccc(C=NNC(=O)c2cc(Cl)cc(Cl)c2O)cc1. The fourth-order valence-corrected chi connectivity index (χ4v) is 2.15. The molecule has 0 aliphatic rings. The smallest absolute Gasteiger partial charge is 0.275 e. The molecule has 2 aromatic carbocycles. The maximum atomic E-state index is 11.9. The summed E-state index contributed by atoms with van der Waals surface area (Å²) in [6, 6.07) is 9.75. The monoisotopic (exact) mass is 338 g/mol. The van der Waals surface area contributed by atoms with Gasteiger partial charge in [-0.3, -0.25) is 4.79 Å². The number of amides is 1. The highest BCUT2D eigenvalue weighted by molar-refractivity contribution is 6.36. The number of methoxy groups -OCH3 is 1. The van der Waals surface area contributed by atoms with E-state index in [0.29, 0.717) is 0 Å². The van der Waals surface area contributed by atoms with E-state index < -0.39 is 5.91 Å². The first-order valence-corrected chi connectivity index (χ1v) is 6.92. The molecule has 0 heterocycles. The van der Waals surface area contributed by atoms with Crippen LogP contribution in [0.15, 0.2) is 41.5 Å². The second-order valence-electron chi connectivity index (χ2n) is 4.26. The number of ether oxygens (including phenoxy) is 1. The van der Waals surface area contributed by atoms with Crippen molar-refractivity contribution in [3.8, 4) is 11.5 Å². The van der Waals surface area contributed by atoms with Gasteiger partial charge in [-0.25, -0.2) is 5.43 Å². The summed E-state index contributed by atoms with van der Waals surface area (Å²) in [4.78, 5) is 11.9. The number of phenolic OH excluding ortho intramolecular Hbond substituents is 1. The highest BCUT2D eigenvalue weighted by Crippen LogP contribution is 2.30. The van der Waals surface area contributed by atoms with Gasteiger partial charge in [0.05, 0.1) is 23.9 Å². The van der Waals surface area contributed by atoms with Crippen molar-refractivity contribution >= 4 is 35.3 Å². The van der Waals surface area contributed by atoms with Crippen molar-refractivity contribution in [2.45, 2.75) is 0 Å². The summed E-state index contributed by atoms with van der Waals surface area (Å²) in [5.41, 5.74) is 3.01. The van der Waals surface area contributed by atoms with Gasteiger partial charge in [-0.05, 0) is 42.0 Å². The molecular formula is C15H12Cl2N2O3. The van der Waals surface area contributed by atoms with Crippen LogP contribution in [0.1, 0.15) is 15.9 Å². The van der Waals surface area contributed by atoms with Crippen LogP contribution < -0.4 is 10.2 Å². The average Bonchev–Trinajstić information content (AvgIpc) is 2.51. The molecule has 2 N–H and O–H groups in total. The molecule has 5 nitrogen and oxygen atoms in total. The van der Waals surface area contributed by atoms with Gasteiger partial charge in [0.2, 0.25) is 0 Å². The van der Waals surface area contributed by atoms with Gasteiger partial charge in [-0.2, -0.15) is 5.10 Å². The highest BCUT2D eigenvalue weighted by atomic mass is 35.5. The van der Waals surface area contributed by atoms with Crippen molar-refractivity contribution in [3.63, 3.8) is 0 Å². The molecule has 0 unspecified atom stereocenters. The zero-order chi connectivity index (χ0) is 16.1. The van der Waals surface area contributed by atoms with Gasteiger partial charge in [0, 0.05) is 5.02 Å². The first-order valence-electron chi connectivity index (χ1n) is 6.16. The van der Waals surface area contributed by atoms with Crippen molar-refractivity contribution in [2.24, 2.45) is 5.10 Å². The van der Waals surface area contributed by atoms with E-state index in [4.69, 9.17) is 27.9 Å². The predicted octanol–water partition coefficient (Wildman–Crippen LogP) is 3.47. The van der Waals surface area contributed by atoms with Crippen LogP contribution in [-0.4, -0.2) is 24.3 Å². The zero-order valence-electron chi connectivity index (χ0n) is 11.5. The lowest BCUT2D eigenvalue weighted by Gasteiger charge is -2.05. The Kier molecular flexibility index (Phi) is 5.25. The van der Waals surface area contributed by atoms with E-state index in [1.54, 1.807) is 31.4 Å². The molecule has 1 amide bonds. The Balaban J connectivity index is 2.07. The van der Waals surface area contributed by atoms with Gasteiger partial charge >= 0.3 is 0 Å². The van der Waals surface area contributed by atoms with Crippen molar-refractivity contribution in [1.82, 2.24) is 5.43 Å². The summed E-state index contributed by atoms with van der Waals surface area (Å²) in [6.45, 7) is 0. The number of hydrogen-bond donors (Lipinski definition) is 2. The largest absolute Gasteiger partial charge is 0.506 e. The van der Waals surface area contributed by atoms with E-state index in [9.17, 15) is 9.90 Å². The molecular weight excluding hydrogens is 327 g/mol. The number of nitrogens with one attached hydrogen (secondary N) is 1. The maximum absolute atomic E-state index is 11.9. The van der Waals surface area contributed by atoms with Crippen LogP contribution in [0.5, 0.6) is 11.5 Å². The van der Waals surface area contributed by atoms with Gasteiger partial charge < -0.3 is 9.84 Å². The van der Waals surface area contributed by atoms with E-state index in [-0.39, 0.29) is 21.4 Å². The van der Waals surface area contributed by atoms with Gasteiger partial charge in [0.15, 0.2) is 0 Å². The number of carbonyl (C=O) groups excluding carboxylic acids is 1. The molecule has 0 fully saturated rings. The molecule has 0 bridgehead atoms. The van der Waals surface area contributed by atoms with E-state index >= 15 is 0 Å². The number of halogens is 2. The van der Waals surface area contributed by atoms with E-state index in [2.05, 4.69) is 10.5 Å². The second kappa shape index (κ2) is 7.15. The number of aromatic hydroxyl groups is 1. The summed E-state index contributed by atoms with van der Waals surface area (Å²) in [6.07, 6.45) is 1.46. The summed E-state index contributed by atoms with van der Waals surface area (Å²) in [5.74, 6) is -0.241. The molecule has 2 aromatic rings. The van der Waals surface area contributed by atoms with Gasteiger partial charge in [-0.15, -0.1) is 0 Å². The molecule has 7 heteroatoms. The number of benzene rings is 2. The van der Waals surface area contributed by atoms with Crippen molar-refractivity contribution < 1.29 is 14.6 Å². The molecule has 0 aliphatic carbocycles. The normalized spacial score (nSPS) is 10.7. The van der Waals surface area contributed by atoms with Crippen LogP contribution in [-0.2, 0) is 0 Å². The third-order valence-electron chi connectivity index (χ3n) is 2.77. The zero-order valence-corrected chi connectivity index (χ0v) is 13.0. The minimum atomic E-state index is -0.619. The highest BCUT2D eigenvalue weighted by Gasteiger charge is 2.14. The van der Waals surface area contributed by atoms with E-state index in [1.165, 1.54) is 18.3 Å². The Bertz CT molecular complexity index is 715. The third-order valence-corrected chi connectivity index (χ3v) is 3.27. The molecule has 114 valence electrons.